The Bertz CT molecular complexity index is 1010. The Balaban J connectivity index is 1.64. The zero-order chi connectivity index (χ0) is 16.7. The molecule has 0 saturated heterocycles. The molecule has 0 radical (unpaired) electrons. The topological polar surface area (TPSA) is 72.9 Å². The molecule has 7 heteroatoms. The summed E-state index contributed by atoms with van der Waals surface area (Å²) in [5.74, 6) is 1.48. The Labute approximate surface area is 139 Å². The van der Waals surface area contributed by atoms with Crippen molar-refractivity contribution in [2.24, 2.45) is 0 Å². The molecule has 0 amide bonds. The number of hydrogen-bond acceptors (Lipinski definition) is 5. The van der Waals surface area contributed by atoms with Crippen molar-refractivity contribution in [3.63, 3.8) is 0 Å². The van der Waals surface area contributed by atoms with Crippen molar-refractivity contribution in [3.05, 3.63) is 48.2 Å². The van der Waals surface area contributed by atoms with E-state index in [1.807, 2.05) is 19.3 Å². The molecular weight excluding hydrogens is 302 g/mol. The molecule has 0 unspecified atom stereocenters. The number of aryl methyl sites for hydroxylation is 1. The van der Waals surface area contributed by atoms with Gasteiger partial charge in [0.2, 0.25) is 0 Å². The quantitative estimate of drug-likeness (QED) is 0.625. The molecule has 0 atom stereocenters. The highest BCUT2D eigenvalue weighted by molar-refractivity contribution is 5.76. The number of imidazole rings is 1. The highest BCUT2D eigenvalue weighted by Gasteiger charge is 2.08. The van der Waals surface area contributed by atoms with E-state index in [9.17, 15) is 0 Å². The minimum Gasteiger partial charge on any atom is -0.366 e. The predicted octanol–water partition coefficient (Wildman–Crippen LogP) is 2.98. The normalized spacial score (nSPS) is 11.7. The van der Waals surface area contributed by atoms with Gasteiger partial charge in [0, 0.05) is 24.3 Å². The first-order valence-corrected chi connectivity index (χ1v) is 7.98. The van der Waals surface area contributed by atoms with Crippen molar-refractivity contribution >= 4 is 22.6 Å². The summed E-state index contributed by atoms with van der Waals surface area (Å²) in [4.78, 5) is 13.0. The lowest BCUT2D eigenvalue weighted by Crippen LogP contribution is -2.07. The molecule has 3 heterocycles. The molecule has 0 spiro atoms. The van der Waals surface area contributed by atoms with E-state index in [1.54, 1.807) is 4.52 Å². The van der Waals surface area contributed by atoms with Crippen LogP contribution in [0.5, 0.6) is 0 Å². The third-order valence-electron chi connectivity index (χ3n) is 4.05. The predicted molar refractivity (Wildman–Crippen MR) is 93.0 cm³/mol. The van der Waals surface area contributed by atoms with Gasteiger partial charge in [0.15, 0.2) is 0 Å². The standard InChI is InChI=1S/C17H19N7/c1-11(2)23-10-20-14-5-4-13(7-15(14)23)8-18-16-6-12(3)22-17-19-9-21-24(16)17/h4-7,9-11,18H,8H2,1-3H3. The highest BCUT2D eigenvalue weighted by atomic mass is 15.3. The van der Waals surface area contributed by atoms with Gasteiger partial charge in [-0.05, 0) is 38.5 Å². The molecule has 7 nitrogen and oxygen atoms in total. The lowest BCUT2D eigenvalue weighted by Gasteiger charge is -2.11. The molecular formula is C17H19N7. The third-order valence-corrected chi connectivity index (χ3v) is 4.05. The molecule has 0 aliphatic rings. The summed E-state index contributed by atoms with van der Waals surface area (Å²) in [5, 5.41) is 7.64. The van der Waals surface area contributed by atoms with E-state index in [0.717, 1.165) is 22.5 Å². The largest absolute Gasteiger partial charge is 0.366 e. The Hall–Kier alpha value is -2.96. The number of anilines is 1. The smallest absolute Gasteiger partial charge is 0.254 e. The minimum atomic E-state index is 0.385. The molecule has 0 aliphatic carbocycles. The summed E-state index contributed by atoms with van der Waals surface area (Å²) in [7, 11) is 0. The van der Waals surface area contributed by atoms with Crippen LogP contribution in [0.25, 0.3) is 16.8 Å². The second-order valence-corrected chi connectivity index (χ2v) is 6.18. The molecule has 1 aromatic carbocycles. The maximum absolute atomic E-state index is 4.46. The Kier molecular flexibility index (Phi) is 3.41. The molecule has 4 rings (SSSR count). The van der Waals surface area contributed by atoms with Crippen molar-refractivity contribution < 1.29 is 0 Å². The summed E-state index contributed by atoms with van der Waals surface area (Å²) in [6.07, 6.45) is 3.41. The molecule has 0 saturated carbocycles. The lowest BCUT2D eigenvalue weighted by atomic mass is 10.2. The first-order chi connectivity index (χ1) is 11.6. The van der Waals surface area contributed by atoms with Crippen molar-refractivity contribution in [1.29, 1.82) is 0 Å². The van der Waals surface area contributed by atoms with E-state index in [-0.39, 0.29) is 0 Å². The summed E-state index contributed by atoms with van der Waals surface area (Å²) in [5.41, 5.74) is 4.27. The van der Waals surface area contributed by atoms with Gasteiger partial charge in [0.1, 0.15) is 12.1 Å². The van der Waals surface area contributed by atoms with Gasteiger partial charge in [0.05, 0.1) is 17.4 Å². The van der Waals surface area contributed by atoms with Crippen molar-refractivity contribution in [1.82, 2.24) is 29.1 Å². The molecule has 0 bridgehead atoms. The number of rotatable bonds is 4. The summed E-state index contributed by atoms with van der Waals surface area (Å²) >= 11 is 0. The van der Waals surface area contributed by atoms with Gasteiger partial charge in [-0.2, -0.15) is 14.6 Å². The van der Waals surface area contributed by atoms with E-state index < -0.39 is 0 Å². The number of hydrogen-bond donors (Lipinski definition) is 1. The van der Waals surface area contributed by atoms with E-state index in [0.29, 0.717) is 18.4 Å². The molecule has 24 heavy (non-hydrogen) atoms. The Morgan fingerprint density at radius 2 is 2.04 bits per heavy atom. The molecule has 0 aliphatic heterocycles. The number of nitrogens with zero attached hydrogens (tertiary/aromatic N) is 6. The summed E-state index contributed by atoms with van der Waals surface area (Å²) in [6, 6.07) is 8.70. The van der Waals surface area contributed by atoms with Gasteiger partial charge < -0.3 is 9.88 Å². The zero-order valence-corrected chi connectivity index (χ0v) is 13.9. The first kappa shape index (κ1) is 14.6. The van der Waals surface area contributed by atoms with Crippen LogP contribution in [-0.4, -0.2) is 29.1 Å². The number of benzene rings is 1. The van der Waals surface area contributed by atoms with Crippen LogP contribution in [0.15, 0.2) is 36.9 Å². The van der Waals surface area contributed by atoms with E-state index in [2.05, 4.69) is 62.0 Å². The van der Waals surface area contributed by atoms with Crippen LogP contribution in [0, 0.1) is 6.92 Å². The van der Waals surface area contributed by atoms with Gasteiger partial charge in [-0.1, -0.05) is 6.07 Å². The van der Waals surface area contributed by atoms with Gasteiger partial charge in [-0.3, -0.25) is 0 Å². The van der Waals surface area contributed by atoms with Crippen molar-refractivity contribution in [3.8, 4) is 0 Å². The molecule has 122 valence electrons. The maximum Gasteiger partial charge on any atom is 0.254 e. The van der Waals surface area contributed by atoms with Crippen molar-refractivity contribution in [2.45, 2.75) is 33.4 Å². The average molecular weight is 321 g/mol. The van der Waals surface area contributed by atoms with Crippen LogP contribution in [0.2, 0.25) is 0 Å². The van der Waals surface area contributed by atoms with Crippen LogP contribution >= 0.6 is 0 Å². The van der Waals surface area contributed by atoms with Crippen LogP contribution in [0.3, 0.4) is 0 Å². The van der Waals surface area contributed by atoms with Gasteiger partial charge in [-0.15, -0.1) is 0 Å². The van der Waals surface area contributed by atoms with Crippen molar-refractivity contribution in [2.75, 3.05) is 5.32 Å². The van der Waals surface area contributed by atoms with E-state index >= 15 is 0 Å². The number of nitrogens with one attached hydrogen (secondary N) is 1. The van der Waals surface area contributed by atoms with E-state index in [4.69, 9.17) is 0 Å². The molecule has 3 aromatic heterocycles. The third kappa shape index (κ3) is 2.47. The highest BCUT2D eigenvalue weighted by Crippen LogP contribution is 2.20. The van der Waals surface area contributed by atoms with E-state index in [1.165, 1.54) is 11.9 Å². The minimum absolute atomic E-state index is 0.385. The summed E-state index contributed by atoms with van der Waals surface area (Å²) in [6.45, 7) is 6.96. The molecule has 4 aromatic rings. The Morgan fingerprint density at radius 3 is 2.88 bits per heavy atom. The van der Waals surface area contributed by atoms with Crippen LogP contribution in [-0.2, 0) is 6.54 Å². The molecule has 1 N–H and O–H groups in total. The fourth-order valence-electron chi connectivity index (χ4n) is 2.84. The average Bonchev–Trinajstić information content (AvgIpc) is 3.18. The summed E-state index contributed by atoms with van der Waals surface area (Å²) < 4.78 is 3.90. The monoisotopic (exact) mass is 321 g/mol. The maximum atomic E-state index is 4.46. The fourth-order valence-corrected chi connectivity index (χ4v) is 2.84. The zero-order valence-electron chi connectivity index (χ0n) is 13.9. The SMILES string of the molecule is Cc1cc(NCc2ccc3ncn(C(C)C)c3c2)n2ncnc2n1. The molecule has 0 fully saturated rings. The lowest BCUT2D eigenvalue weighted by molar-refractivity contribution is 0.617. The second kappa shape index (κ2) is 5.59. The Morgan fingerprint density at radius 1 is 1.17 bits per heavy atom. The van der Waals surface area contributed by atoms with Crippen LogP contribution in [0.1, 0.15) is 31.1 Å². The van der Waals surface area contributed by atoms with Gasteiger partial charge in [-0.25, -0.2) is 9.97 Å². The fraction of sp³-hybridized carbons (Fsp3) is 0.294. The number of fused-ring (bicyclic) bond motifs is 2. The first-order valence-electron chi connectivity index (χ1n) is 7.98. The van der Waals surface area contributed by atoms with Crippen LogP contribution in [0.4, 0.5) is 5.82 Å². The van der Waals surface area contributed by atoms with Gasteiger partial charge in [0.25, 0.3) is 5.78 Å². The second-order valence-electron chi connectivity index (χ2n) is 6.18. The van der Waals surface area contributed by atoms with Crippen LogP contribution < -0.4 is 5.32 Å². The number of aromatic nitrogens is 6. The van der Waals surface area contributed by atoms with Gasteiger partial charge >= 0.3 is 0 Å².